The van der Waals surface area contributed by atoms with Crippen LogP contribution in [0.1, 0.15) is 17.2 Å². The molecule has 0 aromatic heterocycles. The predicted octanol–water partition coefficient (Wildman–Crippen LogP) is 5.28. The lowest BCUT2D eigenvalue weighted by molar-refractivity contribution is 0.177. The van der Waals surface area contributed by atoms with E-state index in [1.54, 1.807) is 6.07 Å². The Bertz CT molecular complexity index is 604. The molecule has 1 nitrogen and oxygen atoms in total. The van der Waals surface area contributed by atoms with Crippen LogP contribution in [-0.4, -0.2) is 5.11 Å². The quantitative estimate of drug-likeness (QED) is 0.733. The van der Waals surface area contributed by atoms with Gasteiger partial charge in [0.15, 0.2) is 0 Å². The molecule has 0 amide bonds. The van der Waals surface area contributed by atoms with E-state index in [-0.39, 0.29) is 5.82 Å². The molecule has 0 aliphatic rings. The first kappa shape index (κ1) is 15.0. The van der Waals surface area contributed by atoms with Crippen molar-refractivity contribution < 1.29 is 9.50 Å². The zero-order chi connectivity index (χ0) is 14.0. The SMILES string of the molecule is OC(Cc1ccc(F)cc1Cl)c1ccc(Br)cc1Br. The van der Waals surface area contributed by atoms with Crippen molar-refractivity contribution in [1.29, 1.82) is 0 Å². The van der Waals surface area contributed by atoms with Crippen molar-refractivity contribution in [2.24, 2.45) is 0 Å². The second-order valence-electron chi connectivity index (χ2n) is 4.12. The predicted molar refractivity (Wildman–Crippen MR) is 81.9 cm³/mol. The summed E-state index contributed by atoms with van der Waals surface area (Å²) in [6.07, 6.45) is -0.371. The molecule has 0 radical (unpaired) electrons. The Morgan fingerprint density at radius 1 is 1.16 bits per heavy atom. The Morgan fingerprint density at radius 3 is 2.53 bits per heavy atom. The van der Waals surface area contributed by atoms with Crippen LogP contribution in [0, 0.1) is 5.82 Å². The van der Waals surface area contributed by atoms with Gasteiger partial charge in [-0.3, -0.25) is 0 Å². The van der Waals surface area contributed by atoms with Gasteiger partial charge in [-0.05, 0) is 35.4 Å². The third-order valence-electron chi connectivity index (χ3n) is 2.75. The standard InChI is InChI=1S/C14H10Br2ClFO/c15-9-2-4-11(12(16)6-9)14(19)5-8-1-3-10(18)7-13(8)17/h1-4,6-7,14,19H,5H2. The van der Waals surface area contributed by atoms with Crippen LogP contribution in [0.4, 0.5) is 4.39 Å². The topological polar surface area (TPSA) is 20.2 Å². The van der Waals surface area contributed by atoms with E-state index in [0.717, 1.165) is 14.5 Å². The number of hydrogen-bond donors (Lipinski definition) is 1. The molecule has 1 unspecified atom stereocenters. The third kappa shape index (κ3) is 3.78. The molecule has 19 heavy (non-hydrogen) atoms. The molecule has 0 aliphatic heterocycles. The van der Waals surface area contributed by atoms with Gasteiger partial charge in [0.05, 0.1) is 6.10 Å². The second-order valence-corrected chi connectivity index (χ2v) is 6.30. The molecular formula is C14H10Br2ClFO. The zero-order valence-electron chi connectivity index (χ0n) is 9.71. The van der Waals surface area contributed by atoms with E-state index < -0.39 is 6.10 Å². The highest BCUT2D eigenvalue weighted by molar-refractivity contribution is 9.11. The lowest BCUT2D eigenvalue weighted by atomic mass is 10.0. The van der Waals surface area contributed by atoms with Gasteiger partial charge in [-0.15, -0.1) is 0 Å². The number of rotatable bonds is 3. The Hall–Kier alpha value is -0.420. The number of aliphatic hydroxyl groups is 1. The molecule has 0 saturated carbocycles. The Morgan fingerprint density at radius 2 is 1.89 bits per heavy atom. The molecule has 2 rings (SSSR count). The molecule has 0 spiro atoms. The normalized spacial score (nSPS) is 12.5. The molecule has 0 saturated heterocycles. The summed E-state index contributed by atoms with van der Waals surface area (Å²) in [6, 6.07) is 9.73. The molecule has 1 atom stereocenters. The molecule has 0 fully saturated rings. The number of benzene rings is 2. The number of hydrogen-bond acceptors (Lipinski definition) is 1. The van der Waals surface area contributed by atoms with Crippen LogP contribution < -0.4 is 0 Å². The first-order valence-electron chi connectivity index (χ1n) is 5.54. The van der Waals surface area contributed by atoms with E-state index in [1.807, 2.05) is 18.2 Å². The van der Waals surface area contributed by atoms with Crippen LogP contribution in [-0.2, 0) is 6.42 Å². The van der Waals surface area contributed by atoms with E-state index in [1.165, 1.54) is 12.1 Å². The van der Waals surface area contributed by atoms with Crippen molar-refractivity contribution in [3.8, 4) is 0 Å². The summed E-state index contributed by atoms with van der Waals surface area (Å²) in [5.74, 6) is -0.381. The van der Waals surface area contributed by atoms with Gasteiger partial charge in [-0.25, -0.2) is 4.39 Å². The fraction of sp³-hybridized carbons (Fsp3) is 0.143. The lowest BCUT2D eigenvalue weighted by Gasteiger charge is -2.14. The van der Waals surface area contributed by atoms with Gasteiger partial charge in [0.2, 0.25) is 0 Å². The first-order chi connectivity index (χ1) is 8.97. The van der Waals surface area contributed by atoms with Crippen molar-refractivity contribution in [2.75, 3.05) is 0 Å². The maximum absolute atomic E-state index is 13.0. The summed E-state index contributed by atoms with van der Waals surface area (Å²) >= 11 is 12.7. The molecular weight excluding hydrogens is 398 g/mol. The Balaban J connectivity index is 2.23. The largest absolute Gasteiger partial charge is 0.388 e. The van der Waals surface area contributed by atoms with Crippen molar-refractivity contribution in [3.05, 3.63) is 67.3 Å². The highest BCUT2D eigenvalue weighted by Gasteiger charge is 2.14. The fourth-order valence-electron chi connectivity index (χ4n) is 1.78. The summed E-state index contributed by atoms with van der Waals surface area (Å²) < 4.78 is 14.7. The van der Waals surface area contributed by atoms with Crippen LogP contribution in [0.5, 0.6) is 0 Å². The summed E-state index contributed by atoms with van der Waals surface area (Å²) in [6.45, 7) is 0. The minimum Gasteiger partial charge on any atom is -0.388 e. The summed E-state index contributed by atoms with van der Waals surface area (Å²) in [4.78, 5) is 0. The molecule has 100 valence electrons. The van der Waals surface area contributed by atoms with E-state index in [9.17, 15) is 9.50 Å². The fourth-order valence-corrected chi connectivity index (χ4v) is 3.33. The first-order valence-corrected chi connectivity index (χ1v) is 7.50. The van der Waals surface area contributed by atoms with Gasteiger partial charge in [0.25, 0.3) is 0 Å². The number of aliphatic hydroxyl groups excluding tert-OH is 1. The molecule has 0 heterocycles. The average Bonchev–Trinajstić information content (AvgIpc) is 2.32. The van der Waals surface area contributed by atoms with Crippen LogP contribution >= 0.6 is 43.5 Å². The third-order valence-corrected chi connectivity index (χ3v) is 4.28. The maximum Gasteiger partial charge on any atom is 0.124 e. The summed E-state index contributed by atoms with van der Waals surface area (Å²) in [5, 5.41) is 10.6. The van der Waals surface area contributed by atoms with Crippen LogP contribution in [0.25, 0.3) is 0 Å². The van der Waals surface area contributed by atoms with Crippen LogP contribution in [0.3, 0.4) is 0 Å². The monoisotopic (exact) mass is 406 g/mol. The Kier molecular flexibility index (Phi) is 5.01. The van der Waals surface area contributed by atoms with Crippen molar-refractivity contribution in [2.45, 2.75) is 12.5 Å². The van der Waals surface area contributed by atoms with E-state index in [4.69, 9.17) is 11.6 Å². The number of halogens is 4. The highest BCUT2D eigenvalue weighted by atomic mass is 79.9. The molecule has 1 N–H and O–H groups in total. The second kappa shape index (κ2) is 6.35. The van der Waals surface area contributed by atoms with Crippen molar-refractivity contribution in [3.63, 3.8) is 0 Å². The van der Waals surface area contributed by atoms with E-state index in [0.29, 0.717) is 17.0 Å². The summed E-state index contributed by atoms with van der Waals surface area (Å²) in [5.41, 5.74) is 1.48. The van der Waals surface area contributed by atoms with Crippen molar-refractivity contribution in [1.82, 2.24) is 0 Å². The molecule has 0 bridgehead atoms. The van der Waals surface area contributed by atoms with Gasteiger partial charge in [-0.1, -0.05) is 55.6 Å². The van der Waals surface area contributed by atoms with Gasteiger partial charge in [0, 0.05) is 20.4 Å². The highest BCUT2D eigenvalue weighted by Crippen LogP contribution is 2.30. The van der Waals surface area contributed by atoms with E-state index in [2.05, 4.69) is 31.9 Å². The Labute approximate surface area is 132 Å². The van der Waals surface area contributed by atoms with Crippen LogP contribution in [0.15, 0.2) is 45.3 Å². The summed E-state index contributed by atoms with van der Waals surface area (Å²) in [7, 11) is 0. The van der Waals surface area contributed by atoms with Crippen LogP contribution in [0.2, 0.25) is 5.02 Å². The zero-order valence-corrected chi connectivity index (χ0v) is 13.6. The van der Waals surface area contributed by atoms with Gasteiger partial charge >= 0.3 is 0 Å². The maximum atomic E-state index is 13.0. The molecule has 5 heteroatoms. The lowest BCUT2D eigenvalue weighted by Crippen LogP contribution is -2.03. The smallest absolute Gasteiger partial charge is 0.124 e. The van der Waals surface area contributed by atoms with Crippen molar-refractivity contribution >= 4 is 43.5 Å². The minimum absolute atomic E-state index is 0.326. The molecule has 0 aliphatic carbocycles. The van der Waals surface area contributed by atoms with E-state index >= 15 is 0 Å². The van der Waals surface area contributed by atoms with Gasteiger partial charge in [-0.2, -0.15) is 0 Å². The average molecular weight is 408 g/mol. The van der Waals surface area contributed by atoms with Gasteiger partial charge in [0.1, 0.15) is 5.82 Å². The minimum atomic E-state index is -0.703. The molecule has 2 aromatic rings. The molecule has 2 aromatic carbocycles. The van der Waals surface area contributed by atoms with Gasteiger partial charge < -0.3 is 5.11 Å².